The number of aliphatic hydroxyl groups is 2. The van der Waals surface area contributed by atoms with Gasteiger partial charge in [-0.2, -0.15) is 0 Å². The van der Waals surface area contributed by atoms with Gasteiger partial charge in [0.25, 0.3) is 0 Å². The molecule has 314 valence electrons. The van der Waals surface area contributed by atoms with Crippen LogP contribution in [-0.4, -0.2) is 120 Å². The van der Waals surface area contributed by atoms with Gasteiger partial charge in [-0.25, -0.2) is 4.79 Å². The fourth-order valence-corrected chi connectivity index (χ4v) is 10.4. The summed E-state index contributed by atoms with van der Waals surface area (Å²) in [7, 11) is 0.442. The summed E-state index contributed by atoms with van der Waals surface area (Å²) in [6.45, 7) is 16.9. The van der Waals surface area contributed by atoms with Crippen LogP contribution in [0.4, 0.5) is 0 Å². The van der Waals surface area contributed by atoms with Crippen LogP contribution in [0.1, 0.15) is 85.0 Å². The zero-order valence-electron chi connectivity index (χ0n) is 34.2. The number of benzene rings is 1. The fraction of sp³-hybridized carbons (Fsp3) is 0.643. The zero-order chi connectivity index (χ0) is 42.5. The molecule has 6 rings (SSSR count). The minimum atomic E-state index is -2.20. The number of fused-ring (bicyclic) bond motifs is 4. The van der Waals surface area contributed by atoms with E-state index in [4.69, 9.17) is 33.2 Å². The SMILES string of the molecule is C=CC1O[C@H]2C[C@H]3OC[C@@]3(OC(C)=O)[C@H]3[C@H](OC(=O)c4ccccc4)[C@]4(O)C[C@H](OC(=O)[C@H](O)[C@H](CC(C)C)/N=C\B=O)C(C)=C([C@H](OC(C)=O)[C@H](O1)[C@]23C)C4(C)C. The Kier molecular flexibility index (Phi) is 12.1. The van der Waals surface area contributed by atoms with Gasteiger partial charge in [0.05, 0.1) is 18.3 Å². The molecule has 2 saturated heterocycles. The summed E-state index contributed by atoms with van der Waals surface area (Å²) >= 11 is 0. The van der Waals surface area contributed by atoms with Crippen LogP contribution in [0.15, 0.2) is 59.1 Å². The van der Waals surface area contributed by atoms with Crippen molar-refractivity contribution in [1.82, 2.24) is 0 Å². The molecule has 13 atom stereocenters. The molecule has 16 heteroatoms. The Hall–Kier alpha value is -4.09. The van der Waals surface area contributed by atoms with Crippen molar-refractivity contribution in [2.45, 2.75) is 141 Å². The van der Waals surface area contributed by atoms with Crippen molar-refractivity contribution in [2.75, 3.05) is 6.61 Å². The van der Waals surface area contributed by atoms with E-state index in [0.29, 0.717) is 18.3 Å². The Balaban J connectivity index is 1.62. The summed E-state index contributed by atoms with van der Waals surface area (Å²) in [5.74, 6) is -4.41. The van der Waals surface area contributed by atoms with E-state index < -0.39 is 107 Å². The number of aliphatic imine (C=N–C) groups is 1. The molecule has 3 aliphatic carbocycles. The molecule has 2 aliphatic heterocycles. The Morgan fingerprint density at radius 2 is 1.72 bits per heavy atom. The van der Waals surface area contributed by atoms with Crippen molar-refractivity contribution in [1.29, 1.82) is 0 Å². The molecule has 2 bridgehead atoms. The Labute approximate surface area is 338 Å². The fourth-order valence-electron chi connectivity index (χ4n) is 10.4. The van der Waals surface area contributed by atoms with Gasteiger partial charge in [-0.05, 0) is 18.2 Å². The van der Waals surface area contributed by atoms with Gasteiger partial charge in [0.1, 0.15) is 6.10 Å². The van der Waals surface area contributed by atoms with Crippen molar-refractivity contribution in [3.63, 3.8) is 0 Å². The summed E-state index contributed by atoms with van der Waals surface area (Å²) in [5.41, 5.74) is -5.65. The third-order valence-electron chi connectivity index (χ3n) is 13.0. The second kappa shape index (κ2) is 16.2. The molecule has 2 N–H and O–H groups in total. The average Bonchev–Trinajstić information content (AvgIpc) is 3.15. The normalized spacial score (nSPS) is 37.0. The monoisotopic (exact) mass is 807 g/mol. The van der Waals surface area contributed by atoms with Gasteiger partial charge in [-0.1, -0.05) is 31.7 Å². The van der Waals surface area contributed by atoms with Crippen LogP contribution in [0.5, 0.6) is 0 Å². The molecular weight excluding hydrogens is 753 g/mol. The number of esters is 4. The molecule has 0 spiro atoms. The topological polar surface area (TPSA) is 203 Å². The van der Waals surface area contributed by atoms with Crippen LogP contribution in [0.3, 0.4) is 0 Å². The predicted molar refractivity (Wildman–Crippen MR) is 205 cm³/mol. The number of hydrogen-bond donors (Lipinski definition) is 2. The Morgan fingerprint density at radius 1 is 1.03 bits per heavy atom. The number of carbonyl (C=O) groups is 4. The first-order chi connectivity index (χ1) is 27.3. The van der Waals surface area contributed by atoms with E-state index in [1.807, 2.05) is 20.8 Å². The zero-order valence-corrected chi connectivity index (χ0v) is 34.2. The van der Waals surface area contributed by atoms with E-state index in [2.05, 4.69) is 11.6 Å². The maximum absolute atomic E-state index is 14.4. The molecule has 0 amide bonds. The van der Waals surface area contributed by atoms with E-state index >= 15 is 0 Å². The molecule has 15 nitrogen and oxygen atoms in total. The van der Waals surface area contributed by atoms with Crippen LogP contribution < -0.4 is 0 Å². The van der Waals surface area contributed by atoms with E-state index in [-0.39, 0.29) is 37.4 Å². The van der Waals surface area contributed by atoms with Gasteiger partial charge >= 0.3 is 210 Å². The number of carbonyl (C=O) groups excluding carboxylic acids is 4. The number of aliphatic hydroxyl groups excluding tert-OH is 1. The van der Waals surface area contributed by atoms with Crippen LogP contribution in [0.25, 0.3) is 0 Å². The molecule has 1 aromatic rings. The van der Waals surface area contributed by atoms with Gasteiger partial charge in [0.15, 0.2) is 6.29 Å². The molecular formula is C42H54BNO14. The first kappa shape index (κ1) is 43.5. The third-order valence-corrected chi connectivity index (χ3v) is 13.0. The van der Waals surface area contributed by atoms with Crippen LogP contribution >= 0.6 is 0 Å². The Morgan fingerprint density at radius 3 is 2.29 bits per heavy atom. The maximum atomic E-state index is 14.4. The van der Waals surface area contributed by atoms with Crippen molar-refractivity contribution in [3.8, 4) is 0 Å². The first-order valence-corrected chi connectivity index (χ1v) is 19.7. The summed E-state index contributed by atoms with van der Waals surface area (Å²) in [5, 5.41) is 25.1. The Bertz CT molecular complexity index is 1870. The molecule has 5 aliphatic rings. The second-order valence-corrected chi connectivity index (χ2v) is 17.3. The van der Waals surface area contributed by atoms with Crippen LogP contribution in [0.2, 0.25) is 0 Å². The summed E-state index contributed by atoms with van der Waals surface area (Å²) in [6, 6.07) is 7.16. The van der Waals surface area contributed by atoms with E-state index in [1.165, 1.54) is 19.9 Å². The number of rotatable bonds is 12. The second-order valence-electron chi connectivity index (χ2n) is 17.3. The van der Waals surface area contributed by atoms with E-state index in [1.54, 1.807) is 51.1 Å². The molecule has 2 heterocycles. The van der Waals surface area contributed by atoms with Gasteiger partial charge in [-0.15, -0.1) is 0 Å². The van der Waals surface area contributed by atoms with Crippen molar-refractivity contribution in [3.05, 3.63) is 59.7 Å². The average molecular weight is 808 g/mol. The first-order valence-electron chi connectivity index (χ1n) is 19.7. The molecule has 2 saturated carbocycles. The number of hydrogen-bond acceptors (Lipinski definition) is 15. The number of ether oxygens (including phenoxy) is 7. The quantitative estimate of drug-likeness (QED) is 0.102. The van der Waals surface area contributed by atoms with Gasteiger partial charge in [-0.3, -0.25) is 9.59 Å². The van der Waals surface area contributed by atoms with E-state index in [9.17, 15) is 34.1 Å². The molecule has 0 aromatic heterocycles. The van der Waals surface area contributed by atoms with E-state index in [0.717, 1.165) is 6.11 Å². The van der Waals surface area contributed by atoms with Crippen molar-refractivity contribution < 1.29 is 67.3 Å². The molecule has 1 aromatic carbocycles. The summed E-state index contributed by atoms with van der Waals surface area (Å²) in [4.78, 5) is 58.8. The summed E-state index contributed by atoms with van der Waals surface area (Å²) in [6.07, 6.45) is -7.21. The molecule has 0 radical (unpaired) electrons. The number of nitrogens with zero attached hydrogens (tertiary/aromatic N) is 1. The van der Waals surface area contributed by atoms with Crippen molar-refractivity contribution in [2.24, 2.45) is 27.7 Å². The summed E-state index contributed by atoms with van der Waals surface area (Å²) < 4.78 is 55.7. The minimum absolute atomic E-state index is 0.0242. The standard InChI is InChI=1S/C42H54BNO14/c1-10-30-55-28-17-29-41(19-52-29,58-24(6)46)34-36(57-37(48)25-14-12-11-13-15-25)42(50)18-27(54-38(49)32(47)26(16-21(2)3)44-20-43-51)22(4)31(39(42,7)8)33(53-23(5)45)35(56-30)40(28,34)9/h10-15,20-21,26-30,32-36,47,50H,1,16-19H2,2-9H3/b44-20-/t26-,27-,28-,29+,30?,32+,33-,34-,35-,36-,40+,41-,42+/m0/s1. The predicted octanol–water partition coefficient (Wildman–Crippen LogP) is 3.42. The van der Waals surface area contributed by atoms with Gasteiger partial charge < -0.3 is 14.2 Å². The van der Waals surface area contributed by atoms with Gasteiger partial charge in [0, 0.05) is 20.3 Å². The molecule has 1 unspecified atom stereocenters. The van der Waals surface area contributed by atoms with Crippen molar-refractivity contribution >= 4 is 37.1 Å². The van der Waals surface area contributed by atoms with Crippen LogP contribution in [-0.2, 0) is 52.2 Å². The van der Waals surface area contributed by atoms with Crippen LogP contribution in [0, 0.1) is 22.7 Å². The third kappa shape index (κ3) is 7.18. The molecule has 58 heavy (non-hydrogen) atoms. The van der Waals surface area contributed by atoms with Gasteiger partial charge in [0.2, 0.25) is 0 Å². The molecule has 4 fully saturated rings.